The fourth-order valence-corrected chi connectivity index (χ4v) is 2.89. The molecule has 2 rings (SSSR count). The van der Waals surface area contributed by atoms with Crippen molar-refractivity contribution in [3.63, 3.8) is 0 Å². The van der Waals surface area contributed by atoms with Gasteiger partial charge in [-0.1, -0.05) is 29.8 Å². The normalized spacial score (nSPS) is 10.2. The highest BCUT2D eigenvalue weighted by Crippen LogP contribution is 2.36. The van der Waals surface area contributed by atoms with Crippen LogP contribution in [0.15, 0.2) is 36.4 Å². The number of methoxy groups -OCH3 is 2. The molecular weight excluding hydrogens is 398 g/mol. The van der Waals surface area contributed by atoms with Crippen LogP contribution >= 0.6 is 11.6 Å². The molecule has 0 bridgehead atoms. The molecule has 156 valence electrons. The van der Waals surface area contributed by atoms with Gasteiger partial charge < -0.3 is 23.8 Å². The van der Waals surface area contributed by atoms with Crippen LogP contribution < -0.4 is 14.2 Å². The number of amides is 1. The number of carbonyl (C=O) groups is 2. The summed E-state index contributed by atoms with van der Waals surface area (Å²) in [7, 11) is 4.64. The van der Waals surface area contributed by atoms with E-state index in [4.69, 9.17) is 30.5 Å². The molecule has 0 unspecified atom stereocenters. The largest absolute Gasteiger partial charge is 0.496 e. The van der Waals surface area contributed by atoms with Gasteiger partial charge in [-0.15, -0.1) is 0 Å². The zero-order chi connectivity index (χ0) is 21.4. The summed E-state index contributed by atoms with van der Waals surface area (Å²) in [5.41, 5.74) is 1.01. The van der Waals surface area contributed by atoms with Crippen LogP contribution in [0.3, 0.4) is 0 Å². The zero-order valence-corrected chi connectivity index (χ0v) is 17.6. The van der Waals surface area contributed by atoms with Gasteiger partial charge in [0.1, 0.15) is 5.75 Å². The van der Waals surface area contributed by atoms with Crippen LogP contribution in [-0.2, 0) is 16.1 Å². The summed E-state index contributed by atoms with van der Waals surface area (Å²) in [5, 5.41) is 0.220. The first-order chi connectivity index (χ1) is 13.9. The molecule has 0 aliphatic heterocycles. The first-order valence-corrected chi connectivity index (χ1v) is 9.32. The van der Waals surface area contributed by atoms with Crippen molar-refractivity contribution in [2.45, 2.75) is 13.5 Å². The highest BCUT2D eigenvalue weighted by atomic mass is 35.5. The van der Waals surface area contributed by atoms with Crippen molar-refractivity contribution < 1.29 is 28.5 Å². The molecule has 2 aromatic rings. The van der Waals surface area contributed by atoms with Crippen molar-refractivity contribution in [3.8, 4) is 17.2 Å². The molecule has 29 heavy (non-hydrogen) atoms. The van der Waals surface area contributed by atoms with Crippen molar-refractivity contribution in [2.75, 3.05) is 34.5 Å². The second-order valence-corrected chi connectivity index (χ2v) is 6.47. The third-order valence-corrected chi connectivity index (χ3v) is 4.39. The summed E-state index contributed by atoms with van der Waals surface area (Å²) in [4.78, 5) is 26.2. The van der Waals surface area contributed by atoms with Crippen molar-refractivity contribution in [1.82, 2.24) is 4.90 Å². The molecule has 0 saturated heterocycles. The van der Waals surface area contributed by atoms with E-state index in [0.717, 1.165) is 5.56 Å². The Morgan fingerprint density at radius 2 is 1.76 bits per heavy atom. The van der Waals surface area contributed by atoms with Crippen LogP contribution in [0.4, 0.5) is 0 Å². The molecular formula is C21H24ClNO6. The molecule has 0 radical (unpaired) electrons. The van der Waals surface area contributed by atoms with Gasteiger partial charge >= 0.3 is 5.97 Å². The first-order valence-electron chi connectivity index (χ1n) is 8.94. The molecule has 0 aliphatic carbocycles. The van der Waals surface area contributed by atoms with Crippen LogP contribution in [0.1, 0.15) is 22.8 Å². The lowest BCUT2D eigenvalue weighted by Crippen LogP contribution is -2.31. The lowest BCUT2D eigenvalue weighted by atomic mass is 10.2. The average molecular weight is 422 g/mol. The number of benzene rings is 2. The quantitative estimate of drug-likeness (QED) is 0.576. The van der Waals surface area contributed by atoms with Gasteiger partial charge in [0.05, 0.1) is 31.4 Å². The minimum absolute atomic E-state index is 0.162. The molecule has 7 nitrogen and oxygen atoms in total. The summed E-state index contributed by atoms with van der Waals surface area (Å²) < 4.78 is 21.1. The van der Waals surface area contributed by atoms with Crippen molar-refractivity contribution in [2.24, 2.45) is 0 Å². The molecule has 0 heterocycles. The minimum atomic E-state index is -0.688. The van der Waals surface area contributed by atoms with Gasteiger partial charge in [0.25, 0.3) is 5.91 Å². The maximum Gasteiger partial charge on any atom is 0.338 e. The molecule has 8 heteroatoms. The minimum Gasteiger partial charge on any atom is -0.496 e. The molecule has 0 atom stereocenters. The van der Waals surface area contributed by atoms with E-state index in [1.54, 1.807) is 14.2 Å². The van der Waals surface area contributed by atoms with Gasteiger partial charge in [-0.05, 0) is 25.1 Å². The lowest BCUT2D eigenvalue weighted by Gasteiger charge is -2.19. The summed E-state index contributed by atoms with van der Waals surface area (Å²) in [5.74, 6) is 0.299. The predicted octanol–water partition coefficient (Wildman–Crippen LogP) is 3.57. The molecule has 0 spiro atoms. The fraction of sp³-hybridized carbons (Fsp3) is 0.333. The number of ether oxygens (including phenoxy) is 4. The number of rotatable bonds is 9. The van der Waals surface area contributed by atoms with E-state index in [1.807, 2.05) is 31.2 Å². The third-order valence-electron chi connectivity index (χ3n) is 4.11. The molecule has 1 amide bonds. The number of esters is 1. The van der Waals surface area contributed by atoms with Crippen LogP contribution in [0.5, 0.6) is 17.2 Å². The van der Waals surface area contributed by atoms with E-state index in [-0.39, 0.29) is 16.5 Å². The number of halogens is 1. The Morgan fingerprint density at radius 1 is 1.07 bits per heavy atom. The Bertz CT molecular complexity index is 870. The summed E-state index contributed by atoms with van der Waals surface area (Å²) in [6.07, 6.45) is 0. The van der Waals surface area contributed by atoms with Gasteiger partial charge in [-0.2, -0.15) is 0 Å². The van der Waals surface area contributed by atoms with Gasteiger partial charge in [0.2, 0.25) is 0 Å². The van der Waals surface area contributed by atoms with E-state index in [9.17, 15) is 9.59 Å². The monoisotopic (exact) mass is 421 g/mol. The van der Waals surface area contributed by atoms with E-state index in [0.29, 0.717) is 30.4 Å². The first kappa shape index (κ1) is 22.4. The number of likely N-dealkylation sites (N-methyl/N-ethyl adjacent to an activating group) is 1. The van der Waals surface area contributed by atoms with Gasteiger partial charge in [0.15, 0.2) is 18.1 Å². The van der Waals surface area contributed by atoms with Crippen LogP contribution in [0, 0.1) is 0 Å². The van der Waals surface area contributed by atoms with Crippen LogP contribution in [0.2, 0.25) is 5.02 Å². The van der Waals surface area contributed by atoms with Crippen molar-refractivity contribution in [1.29, 1.82) is 0 Å². The topological polar surface area (TPSA) is 74.3 Å². The molecule has 0 saturated carbocycles. The van der Waals surface area contributed by atoms with Crippen LogP contribution in [0.25, 0.3) is 0 Å². The van der Waals surface area contributed by atoms with Gasteiger partial charge in [-0.3, -0.25) is 4.79 Å². The number of hydrogen-bond acceptors (Lipinski definition) is 6. The Kier molecular flexibility index (Phi) is 8.15. The summed E-state index contributed by atoms with van der Waals surface area (Å²) in [6.45, 7) is 2.12. The SMILES string of the molecule is CCOc1c(Cl)cc(C(=O)OCC(=O)N(C)Cc2ccccc2OC)cc1OC. The van der Waals surface area contributed by atoms with Crippen molar-refractivity contribution in [3.05, 3.63) is 52.5 Å². The number of para-hydroxylation sites is 1. The maximum atomic E-state index is 12.4. The average Bonchev–Trinajstić information content (AvgIpc) is 2.73. The molecule has 0 aromatic heterocycles. The number of carbonyl (C=O) groups excluding carboxylic acids is 2. The Labute approximate surface area is 175 Å². The number of nitrogens with zero attached hydrogens (tertiary/aromatic N) is 1. The highest BCUT2D eigenvalue weighted by molar-refractivity contribution is 6.32. The Morgan fingerprint density at radius 3 is 2.41 bits per heavy atom. The molecule has 2 aromatic carbocycles. The van der Waals surface area contributed by atoms with Crippen molar-refractivity contribution >= 4 is 23.5 Å². The standard InChI is InChI=1S/C21H24ClNO6/c1-5-28-20-16(22)10-15(11-18(20)27-4)21(25)29-13-19(24)23(2)12-14-8-6-7-9-17(14)26-3/h6-11H,5,12-13H2,1-4H3. The summed E-state index contributed by atoms with van der Waals surface area (Å²) in [6, 6.07) is 10.3. The fourth-order valence-electron chi connectivity index (χ4n) is 2.62. The maximum absolute atomic E-state index is 12.4. The number of hydrogen-bond donors (Lipinski definition) is 0. The van der Waals surface area contributed by atoms with E-state index in [2.05, 4.69) is 0 Å². The molecule has 0 N–H and O–H groups in total. The molecule has 0 fully saturated rings. The van der Waals surface area contributed by atoms with Gasteiger partial charge in [-0.25, -0.2) is 4.79 Å². The zero-order valence-electron chi connectivity index (χ0n) is 16.9. The Hall–Kier alpha value is -2.93. The predicted molar refractivity (Wildman–Crippen MR) is 109 cm³/mol. The lowest BCUT2D eigenvalue weighted by molar-refractivity contribution is -0.133. The third kappa shape index (κ3) is 5.77. The highest BCUT2D eigenvalue weighted by Gasteiger charge is 2.19. The summed E-state index contributed by atoms with van der Waals surface area (Å²) >= 11 is 6.17. The van der Waals surface area contributed by atoms with Crippen LogP contribution in [-0.4, -0.2) is 51.3 Å². The second-order valence-electron chi connectivity index (χ2n) is 6.06. The molecule has 0 aliphatic rings. The second kappa shape index (κ2) is 10.6. The Balaban J connectivity index is 2.01. The smallest absolute Gasteiger partial charge is 0.338 e. The van der Waals surface area contributed by atoms with E-state index >= 15 is 0 Å². The van der Waals surface area contributed by atoms with E-state index in [1.165, 1.54) is 24.1 Å². The van der Waals surface area contributed by atoms with E-state index < -0.39 is 12.6 Å². The van der Waals surface area contributed by atoms with Gasteiger partial charge in [0, 0.05) is 19.2 Å².